The van der Waals surface area contributed by atoms with Crippen LogP contribution < -0.4 is 15.4 Å². The summed E-state index contributed by atoms with van der Waals surface area (Å²) < 4.78 is 27.7. The maximum absolute atomic E-state index is 12.6. The van der Waals surface area contributed by atoms with E-state index in [4.69, 9.17) is 12.2 Å². The smallest absolute Gasteiger partial charge is 0.263 e. The summed E-state index contributed by atoms with van der Waals surface area (Å²) in [5, 5.41) is 6.59. The van der Waals surface area contributed by atoms with E-state index in [0.717, 1.165) is 5.69 Å². The van der Waals surface area contributed by atoms with Gasteiger partial charge in [-0.2, -0.15) is 0 Å². The molecule has 0 amide bonds. The molecule has 0 aliphatic heterocycles. The molecule has 7 nitrogen and oxygen atoms in total. The number of hydrogen-bond donors (Lipinski definition) is 3. The second-order valence-electron chi connectivity index (χ2n) is 6.95. The predicted molar refractivity (Wildman–Crippen MR) is 125 cm³/mol. The van der Waals surface area contributed by atoms with Crippen LogP contribution in [0.5, 0.6) is 0 Å². The van der Waals surface area contributed by atoms with Crippen LogP contribution in [-0.2, 0) is 10.0 Å². The van der Waals surface area contributed by atoms with E-state index in [9.17, 15) is 8.42 Å². The topological polar surface area (TPSA) is 96.0 Å². The normalized spacial score (nSPS) is 11.1. The molecule has 0 fully saturated rings. The van der Waals surface area contributed by atoms with E-state index in [1.807, 2.05) is 32.0 Å². The highest BCUT2D eigenvalue weighted by atomic mass is 32.2. The molecule has 1 heterocycles. The Hall–Kier alpha value is -3.04. The Labute approximate surface area is 182 Å². The van der Waals surface area contributed by atoms with Gasteiger partial charge in [0, 0.05) is 23.1 Å². The van der Waals surface area contributed by atoms with Crippen molar-refractivity contribution in [3.05, 3.63) is 71.2 Å². The van der Waals surface area contributed by atoms with Gasteiger partial charge in [0.25, 0.3) is 10.0 Å². The predicted octanol–water partition coefficient (Wildman–Crippen LogP) is 4.32. The third kappa shape index (κ3) is 5.52. The molecule has 0 atom stereocenters. The minimum absolute atomic E-state index is 0.120. The number of anilines is 3. The summed E-state index contributed by atoms with van der Waals surface area (Å²) in [7, 11) is -3.77. The molecule has 0 radical (unpaired) electrons. The van der Waals surface area contributed by atoms with Crippen molar-refractivity contribution < 1.29 is 8.42 Å². The number of nitrogens with zero attached hydrogens (tertiary/aromatic N) is 2. The van der Waals surface area contributed by atoms with Crippen LogP contribution in [0.25, 0.3) is 0 Å². The molecule has 9 heteroatoms. The molecule has 3 aromatic rings. The van der Waals surface area contributed by atoms with Gasteiger partial charge in [-0.25, -0.2) is 18.4 Å². The number of rotatable bonds is 5. The van der Waals surface area contributed by atoms with Crippen LogP contribution in [0.1, 0.15) is 22.6 Å². The van der Waals surface area contributed by atoms with Crippen LogP contribution in [0.2, 0.25) is 0 Å². The number of sulfonamides is 1. The second kappa shape index (κ2) is 8.76. The van der Waals surface area contributed by atoms with Crippen molar-refractivity contribution in [1.29, 1.82) is 0 Å². The van der Waals surface area contributed by atoms with Crippen molar-refractivity contribution in [2.75, 3.05) is 15.4 Å². The summed E-state index contributed by atoms with van der Waals surface area (Å²) in [4.78, 5) is 8.38. The van der Waals surface area contributed by atoms with E-state index < -0.39 is 10.0 Å². The van der Waals surface area contributed by atoms with Gasteiger partial charge in [0.15, 0.2) is 5.11 Å². The van der Waals surface area contributed by atoms with Crippen molar-refractivity contribution in [1.82, 2.24) is 9.97 Å². The first kappa shape index (κ1) is 21.7. The van der Waals surface area contributed by atoms with Crippen molar-refractivity contribution in [2.24, 2.45) is 0 Å². The van der Waals surface area contributed by atoms with Gasteiger partial charge in [0.2, 0.25) is 0 Å². The molecule has 30 heavy (non-hydrogen) atoms. The van der Waals surface area contributed by atoms with Gasteiger partial charge in [-0.3, -0.25) is 4.72 Å². The molecule has 156 valence electrons. The molecular weight excluding hydrogens is 418 g/mol. The van der Waals surface area contributed by atoms with Gasteiger partial charge in [0.1, 0.15) is 11.6 Å². The van der Waals surface area contributed by atoms with Crippen LogP contribution in [0, 0.1) is 27.7 Å². The minimum atomic E-state index is -3.77. The molecule has 2 aromatic carbocycles. The molecule has 3 rings (SSSR count). The summed E-state index contributed by atoms with van der Waals surface area (Å²) >= 11 is 5.34. The summed E-state index contributed by atoms with van der Waals surface area (Å²) in [5.41, 5.74) is 4.61. The van der Waals surface area contributed by atoms with E-state index in [2.05, 4.69) is 25.3 Å². The van der Waals surface area contributed by atoms with Crippen LogP contribution in [0.15, 0.2) is 53.4 Å². The highest BCUT2D eigenvalue weighted by Crippen LogP contribution is 2.19. The van der Waals surface area contributed by atoms with Crippen LogP contribution in [0.4, 0.5) is 17.2 Å². The molecule has 0 saturated carbocycles. The minimum Gasteiger partial charge on any atom is -0.332 e. The fourth-order valence-corrected chi connectivity index (χ4v) is 4.02. The molecule has 0 unspecified atom stereocenters. The standard InChI is InChI=1S/C21H23N5O2S2/c1-13-5-6-18(11-14(13)2)25-21(29)24-17-7-9-19(10-8-17)30(27,28)26-20-12-15(3)22-16(4)23-20/h5-12H,1-4H3,(H,22,23,26)(H2,24,25,29). The summed E-state index contributed by atoms with van der Waals surface area (Å²) in [6, 6.07) is 13.9. The Balaban J connectivity index is 1.67. The zero-order chi connectivity index (χ0) is 21.9. The van der Waals surface area contributed by atoms with Crippen LogP contribution >= 0.6 is 12.2 Å². The maximum Gasteiger partial charge on any atom is 0.263 e. The quantitative estimate of drug-likeness (QED) is 0.508. The van der Waals surface area contributed by atoms with Crippen LogP contribution in [-0.4, -0.2) is 23.5 Å². The zero-order valence-corrected chi connectivity index (χ0v) is 18.8. The number of benzene rings is 2. The van der Waals surface area contributed by atoms with Gasteiger partial charge in [0.05, 0.1) is 4.90 Å². The fraction of sp³-hybridized carbons (Fsp3) is 0.190. The first-order valence-electron chi connectivity index (χ1n) is 9.23. The number of thiocarbonyl (C=S) groups is 1. The highest BCUT2D eigenvalue weighted by Gasteiger charge is 2.15. The van der Waals surface area contributed by atoms with Crippen LogP contribution in [0.3, 0.4) is 0 Å². The molecule has 0 spiro atoms. The molecule has 0 saturated heterocycles. The van der Waals surface area contributed by atoms with Gasteiger partial charge in [-0.05, 0) is 87.4 Å². The number of hydrogen-bond acceptors (Lipinski definition) is 5. The highest BCUT2D eigenvalue weighted by molar-refractivity contribution is 7.92. The van der Waals surface area contributed by atoms with Gasteiger partial charge in [-0.15, -0.1) is 0 Å². The Kier molecular flexibility index (Phi) is 6.33. The molecule has 3 N–H and O–H groups in total. The lowest BCUT2D eigenvalue weighted by atomic mass is 10.1. The van der Waals surface area contributed by atoms with E-state index in [1.165, 1.54) is 23.3 Å². The van der Waals surface area contributed by atoms with Gasteiger partial charge < -0.3 is 10.6 Å². The number of aryl methyl sites for hydroxylation is 4. The average molecular weight is 442 g/mol. The van der Waals surface area contributed by atoms with E-state index in [-0.39, 0.29) is 10.7 Å². The zero-order valence-electron chi connectivity index (χ0n) is 17.1. The molecule has 1 aromatic heterocycles. The van der Waals surface area contributed by atoms with Crippen molar-refractivity contribution in [3.8, 4) is 0 Å². The first-order valence-corrected chi connectivity index (χ1v) is 11.1. The number of nitrogens with one attached hydrogen (secondary N) is 3. The van der Waals surface area contributed by atoms with E-state index >= 15 is 0 Å². The Bertz CT molecular complexity index is 1170. The summed E-state index contributed by atoms with van der Waals surface area (Å²) in [6.45, 7) is 7.57. The van der Waals surface area contributed by atoms with Crippen molar-refractivity contribution >= 4 is 44.5 Å². The summed E-state index contributed by atoms with van der Waals surface area (Å²) in [6.07, 6.45) is 0. The summed E-state index contributed by atoms with van der Waals surface area (Å²) in [5.74, 6) is 0.734. The third-order valence-corrected chi connectivity index (χ3v) is 5.97. The van der Waals surface area contributed by atoms with Gasteiger partial charge >= 0.3 is 0 Å². The lowest BCUT2D eigenvalue weighted by Crippen LogP contribution is -2.19. The average Bonchev–Trinajstić information content (AvgIpc) is 2.64. The third-order valence-electron chi connectivity index (χ3n) is 4.39. The van der Waals surface area contributed by atoms with Crippen molar-refractivity contribution in [2.45, 2.75) is 32.6 Å². The Morgan fingerprint density at radius 2 is 1.47 bits per heavy atom. The largest absolute Gasteiger partial charge is 0.332 e. The lowest BCUT2D eigenvalue weighted by Gasteiger charge is -2.13. The van der Waals surface area contributed by atoms with E-state index in [0.29, 0.717) is 22.3 Å². The lowest BCUT2D eigenvalue weighted by molar-refractivity contribution is 0.601. The maximum atomic E-state index is 12.6. The van der Waals surface area contributed by atoms with E-state index in [1.54, 1.807) is 32.0 Å². The molecule has 0 aliphatic rings. The van der Waals surface area contributed by atoms with Gasteiger partial charge in [-0.1, -0.05) is 6.07 Å². The second-order valence-corrected chi connectivity index (χ2v) is 9.04. The number of aromatic nitrogens is 2. The SMILES string of the molecule is Cc1cc(NS(=O)(=O)c2ccc(NC(=S)Nc3ccc(C)c(C)c3)cc2)nc(C)n1. The Morgan fingerprint density at radius 3 is 2.10 bits per heavy atom. The molecule has 0 aliphatic carbocycles. The Morgan fingerprint density at radius 1 is 0.833 bits per heavy atom. The first-order chi connectivity index (χ1) is 14.1. The molecular formula is C21H23N5O2S2. The molecule has 0 bridgehead atoms. The van der Waals surface area contributed by atoms with Crippen molar-refractivity contribution in [3.63, 3.8) is 0 Å². The monoisotopic (exact) mass is 441 g/mol. The fourth-order valence-electron chi connectivity index (χ4n) is 2.80.